The first-order valence-electron chi connectivity index (χ1n) is 13.1. The van der Waals surface area contributed by atoms with Crippen LogP contribution in [-0.4, -0.2) is 30.5 Å². The molecule has 0 amide bonds. The molecule has 0 aliphatic carbocycles. The number of carbonyl (C=O) groups is 1. The third-order valence-electron chi connectivity index (χ3n) is 6.66. The first kappa shape index (κ1) is 26.9. The zero-order chi connectivity index (χ0) is 28.5. The zero-order valence-electron chi connectivity index (χ0n) is 22.3. The number of esters is 1. The van der Waals surface area contributed by atoms with Crippen LogP contribution in [0.2, 0.25) is 5.02 Å². The van der Waals surface area contributed by atoms with E-state index >= 15 is 0 Å². The fourth-order valence-corrected chi connectivity index (χ4v) is 6.05. The number of hydrogen-bond acceptors (Lipinski definition) is 8. The summed E-state index contributed by atoms with van der Waals surface area (Å²) >= 11 is 7.75. The van der Waals surface area contributed by atoms with Crippen LogP contribution >= 0.6 is 22.9 Å². The van der Waals surface area contributed by atoms with Crippen LogP contribution in [0.1, 0.15) is 36.6 Å². The molecular weight excluding hydrogens is 564 g/mol. The summed E-state index contributed by atoms with van der Waals surface area (Å²) in [5.41, 5.74) is 2.48. The summed E-state index contributed by atoms with van der Waals surface area (Å²) in [4.78, 5) is 33.0. The van der Waals surface area contributed by atoms with Crippen LogP contribution in [0, 0.1) is 0 Å². The van der Waals surface area contributed by atoms with Crippen molar-refractivity contribution >= 4 is 40.7 Å². The molecule has 1 aromatic heterocycles. The number of carbonyl (C=O) groups excluding carboxylic acids is 1. The third-order valence-corrected chi connectivity index (χ3v) is 7.97. The molecule has 0 saturated carbocycles. The molecule has 2 aliphatic rings. The number of hydrogen-bond donors (Lipinski definition) is 0. The number of rotatable bonds is 7. The quantitative estimate of drug-likeness (QED) is 0.290. The van der Waals surface area contributed by atoms with Gasteiger partial charge in [0.25, 0.3) is 5.56 Å². The van der Waals surface area contributed by atoms with Crippen molar-refractivity contribution < 1.29 is 23.7 Å². The Bertz CT molecular complexity index is 1840. The summed E-state index contributed by atoms with van der Waals surface area (Å²) in [6.45, 7) is 4.46. The van der Waals surface area contributed by atoms with E-state index in [1.54, 1.807) is 29.7 Å². The average molecular weight is 589 g/mol. The number of thiazole rings is 1. The summed E-state index contributed by atoms with van der Waals surface area (Å²) in [5.74, 6) is 1.25. The lowest BCUT2D eigenvalue weighted by Crippen LogP contribution is -2.40. The smallest absolute Gasteiger partial charge is 0.338 e. The normalized spacial score (nSPS) is 15.9. The van der Waals surface area contributed by atoms with Crippen LogP contribution in [0.5, 0.6) is 17.2 Å². The third kappa shape index (κ3) is 5.03. The number of halogens is 1. The highest BCUT2D eigenvalue weighted by Gasteiger charge is 2.35. The van der Waals surface area contributed by atoms with Crippen molar-refractivity contribution in [3.05, 3.63) is 114 Å². The van der Waals surface area contributed by atoms with Gasteiger partial charge in [0.05, 0.1) is 40.1 Å². The molecule has 2 aliphatic heterocycles. The summed E-state index contributed by atoms with van der Waals surface area (Å²) in [7, 11) is 0. The van der Waals surface area contributed by atoms with E-state index in [4.69, 9.17) is 35.5 Å². The Labute approximate surface area is 244 Å². The van der Waals surface area contributed by atoms with E-state index in [-0.39, 0.29) is 24.5 Å². The average Bonchev–Trinajstić information content (AvgIpc) is 3.56. The van der Waals surface area contributed by atoms with Crippen molar-refractivity contribution in [1.29, 1.82) is 0 Å². The lowest BCUT2D eigenvalue weighted by molar-refractivity contribution is -0.138. The molecular formula is C31H25ClN2O6S. The van der Waals surface area contributed by atoms with Gasteiger partial charge in [-0.1, -0.05) is 65.4 Å². The lowest BCUT2D eigenvalue weighted by Gasteiger charge is -2.26. The fraction of sp³-hybridized carbons (Fsp3) is 0.194. The maximum absolute atomic E-state index is 14.1. The monoisotopic (exact) mass is 588 g/mol. The second-order valence-electron chi connectivity index (χ2n) is 9.16. The molecule has 3 aromatic carbocycles. The van der Waals surface area contributed by atoms with Crippen molar-refractivity contribution in [2.24, 2.45) is 4.99 Å². The minimum Gasteiger partial charge on any atom is -0.494 e. The molecule has 0 N–H and O–H groups in total. The second-order valence-corrected chi connectivity index (χ2v) is 10.6. The molecule has 0 bridgehead atoms. The molecule has 3 heterocycles. The van der Waals surface area contributed by atoms with Crippen LogP contribution in [-0.2, 0) is 9.53 Å². The number of aromatic nitrogens is 1. The Kier molecular flexibility index (Phi) is 7.38. The standard InChI is InChI=1S/C31H25ClN2O6S/c1-3-37-21-12-10-19(11-13-21)28-26(30(36)38-4-2)27(18-8-6-5-7-9-18)33-31-34(28)29(35)25(41-31)15-20-14-23-24(16-22(20)32)40-17-39-23/h5-16,28H,3-4,17H2,1-2H3/b25-15-/t28-/m1/s1. The van der Waals surface area contributed by atoms with Crippen molar-refractivity contribution in [2.45, 2.75) is 19.9 Å². The van der Waals surface area contributed by atoms with Crippen LogP contribution in [0.25, 0.3) is 11.8 Å². The molecule has 0 saturated heterocycles. The van der Waals surface area contributed by atoms with Crippen LogP contribution in [0.4, 0.5) is 0 Å². The summed E-state index contributed by atoms with van der Waals surface area (Å²) in [6, 6.07) is 19.4. The van der Waals surface area contributed by atoms with E-state index in [0.717, 1.165) is 5.56 Å². The highest BCUT2D eigenvalue weighted by molar-refractivity contribution is 7.07. The molecule has 0 radical (unpaired) electrons. The van der Waals surface area contributed by atoms with Crippen molar-refractivity contribution in [1.82, 2.24) is 4.57 Å². The number of fused-ring (bicyclic) bond motifs is 2. The number of nitrogens with zero attached hydrogens (tertiary/aromatic N) is 2. The summed E-state index contributed by atoms with van der Waals surface area (Å²) in [5, 5.41) is 0.417. The van der Waals surface area contributed by atoms with Gasteiger partial charge < -0.3 is 18.9 Å². The van der Waals surface area contributed by atoms with E-state index in [0.29, 0.717) is 55.0 Å². The highest BCUT2D eigenvalue weighted by atomic mass is 35.5. The van der Waals surface area contributed by atoms with Gasteiger partial charge >= 0.3 is 5.97 Å². The van der Waals surface area contributed by atoms with Gasteiger partial charge in [0.1, 0.15) is 5.75 Å². The molecule has 41 heavy (non-hydrogen) atoms. The predicted molar refractivity (Wildman–Crippen MR) is 156 cm³/mol. The second kappa shape index (κ2) is 11.3. The summed E-state index contributed by atoms with van der Waals surface area (Å²) in [6.07, 6.45) is 1.71. The molecule has 6 rings (SSSR count). The van der Waals surface area contributed by atoms with Gasteiger partial charge in [0.15, 0.2) is 16.3 Å². The van der Waals surface area contributed by atoms with Crippen molar-refractivity contribution in [3.8, 4) is 17.2 Å². The van der Waals surface area contributed by atoms with E-state index in [1.807, 2.05) is 61.5 Å². The maximum Gasteiger partial charge on any atom is 0.338 e. The van der Waals surface area contributed by atoms with Gasteiger partial charge in [-0.2, -0.15) is 0 Å². The first-order valence-corrected chi connectivity index (χ1v) is 14.3. The number of ether oxygens (including phenoxy) is 4. The number of benzene rings is 3. The molecule has 0 fully saturated rings. The Morgan fingerprint density at radius 2 is 1.80 bits per heavy atom. The molecule has 208 valence electrons. The largest absolute Gasteiger partial charge is 0.494 e. The highest BCUT2D eigenvalue weighted by Crippen LogP contribution is 2.38. The molecule has 1 atom stereocenters. The van der Waals surface area contributed by atoms with Crippen LogP contribution in [0.15, 0.2) is 82.1 Å². The molecule has 0 unspecified atom stereocenters. The minimum atomic E-state index is -0.787. The topological polar surface area (TPSA) is 88.4 Å². The predicted octanol–water partition coefficient (Wildman–Crippen LogP) is 4.72. The van der Waals surface area contributed by atoms with E-state index < -0.39 is 12.0 Å². The Balaban J connectivity index is 1.60. The summed E-state index contributed by atoms with van der Waals surface area (Å²) < 4.78 is 24.0. The van der Waals surface area contributed by atoms with Gasteiger partial charge in [-0.15, -0.1) is 0 Å². The van der Waals surface area contributed by atoms with E-state index in [9.17, 15) is 9.59 Å². The van der Waals surface area contributed by atoms with Gasteiger partial charge in [-0.25, -0.2) is 9.79 Å². The van der Waals surface area contributed by atoms with Gasteiger partial charge in [0.2, 0.25) is 6.79 Å². The minimum absolute atomic E-state index is 0.109. The molecule has 4 aromatic rings. The molecule has 8 nitrogen and oxygen atoms in total. The maximum atomic E-state index is 14.1. The lowest BCUT2D eigenvalue weighted by atomic mass is 9.93. The van der Waals surface area contributed by atoms with Crippen LogP contribution in [0.3, 0.4) is 0 Å². The van der Waals surface area contributed by atoms with Crippen molar-refractivity contribution in [2.75, 3.05) is 20.0 Å². The van der Waals surface area contributed by atoms with Gasteiger partial charge in [0, 0.05) is 11.6 Å². The first-order chi connectivity index (χ1) is 20.0. The zero-order valence-corrected chi connectivity index (χ0v) is 23.8. The van der Waals surface area contributed by atoms with Crippen molar-refractivity contribution in [3.63, 3.8) is 0 Å². The van der Waals surface area contributed by atoms with Crippen LogP contribution < -0.4 is 29.1 Å². The van der Waals surface area contributed by atoms with Gasteiger partial charge in [-0.3, -0.25) is 9.36 Å². The van der Waals surface area contributed by atoms with Gasteiger partial charge in [-0.05, 0) is 49.2 Å². The Hall–Kier alpha value is -4.34. The SMILES string of the molecule is CCOC(=O)C1=C(c2ccccc2)N=c2s/c(=C\c3cc4c(cc3Cl)OCO4)c(=O)n2[C@@H]1c1ccc(OCC)cc1. The Morgan fingerprint density at radius 1 is 1.07 bits per heavy atom. The molecule has 0 spiro atoms. The van der Waals surface area contributed by atoms with E-state index in [1.165, 1.54) is 11.3 Å². The fourth-order valence-electron chi connectivity index (χ4n) is 4.85. The van der Waals surface area contributed by atoms with E-state index in [2.05, 4.69) is 0 Å². The molecule has 10 heteroatoms. The Morgan fingerprint density at radius 3 is 2.51 bits per heavy atom.